The Balaban J connectivity index is 1.61. The van der Waals surface area contributed by atoms with Crippen molar-refractivity contribution >= 4 is 17.7 Å². The summed E-state index contributed by atoms with van der Waals surface area (Å²) in [4.78, 5) is 39.4. The summed E-state index contributed by atoms with van der Waals surface area (Å²) in [6, 6.07) is 10.8. The van der Waals surface area contributed by atoms with Crippen molar-refractivity contribution in [3.05, 3.63) is 65.7 Å². The van der Waals surface area contributed by atoms with Crippen LogP contribution in [0.3, 0.4) is 0 Å². The molecule has 3 amide bonds. The van der Waals surface area contributed by atoms with Crippen molar-refractivity contribution in [2.24, 2.45) is 0 Å². The summed E-state index contributed by atoms with van der Waals surface area (Å²) in [5.41, 5.74) is 0.800. The number of imide groups is 1. The van der Waals surface area contributed by atoms with E-state index < -0.39 is 36.1 Å². The van der Waals surface area contributed by atoms with E-state index in [1.165, 1.54) is 7.05 Å². The van der Waals surface area contributed by atoms with E-state index in [0.717, 1.165) is 27.5 Å². The van der Waals surface area contributed by atoms with Gasteiger partial charge in [-0.3, -0.25) is 19.3 Å². The molecular weight excluding hydrogens is 370 g/mol. The van der Waals surface area contributed by atoms with Crippen LogP contribution in [-0.2, 0) is 20.9 Å². The van der Waals surface area contributed by atoms with Gasteiger partial charge in [-0.2, -0.15) is 0 Å². The first kappa shape index (κ1) is 19.5. The SMILES string of the molecule is CN(C(=O)COc1ccc(F)cc1F)[C@@H]1CC(=O)N(Cc2ccccc2)C1=O. The van der Waals surface area contributed by atoms with Crippen molar-refractivity contribution in [2.75, 3.05) is 13.7 Å². The number of likely N-dealkylation sites (N-methyl/N-ethyl adjacent to an activating group) is 1. The summed E-state index contributed by atoms with van der Waals surface area (Å²) in [6.07, 6.45) is -0.126. The topological polar surface area (TPSA) is 66.9 Å². The Bertz CT molecular complexity index is 904. The van der Waals surface area contributed by atoms with Gasteiger partial charge in [-0.25, -0.2) is 8.78 Å². The van der Waals surface area contributed by atoms with Crippen LogP contribution in [0.5, 0.6) is 5.75 Å². The highest BCUT2D eigenvalue weighted by Crippen LogP contribution is 2.21. The van der Waals surface area contributed by atoms with Gasteiger partial charge in [0.05, 0.1) is 13.0 Å². The number of carbonyl (C=O) groups excluding carboxylic acids is 3. The Hall–Kier alpha value is -3.29. The Kier molecular flexibility index (Phi) is 5.67. The highest BCUT2D eigenvalue weighted by Gasteiger charge is 2.42. The largest absolute Gasteiger partial charge is 0.481 e. The molecule has 0 aliphatic carbocycles. The van der Waals surface area contributed by atoms with Gasteiger partial charge in [0.15, 0.2) is 18.2 Å². The van der Waals surface area contributed by atoms with Gasteiger partial charge < -0.3 is 9.64 Å². The second-order valence-electron chi connectivity index (χ2n) is 6.39. The van der Waals surface area contributed by atoms with Gasteiger partial charge in [0.1, 0.15) is 11.9 Å². The monoisotopic (exact) mass is 388 g/mol. The molecule has 1 atom stereocenters. The first-order valence-electron chi connectivity index (χ1n) is 8.58. The summed E-state index contributed by atoms with van der Waals surface area (Å²) in [7, 11) is 1.38. The van der Waals surface area contributed by atoms with Crippen LogP contribution in [0.15, 0.2) is 48.5 Å². The molecule has 2 aromatic rings. The van der Waals surface area contributed by atoms with Gasteiger partial charge in [-0.15, -0.1) is 0 Å². The highest BCUT2D eigenvalue weighted by molar-refractivity contribution is 6.06. The average Bonchev–Trinajstić information content (AvgIpc) is 2.95. The van der Waals surface area contributed by atoms with Gasteiger partial charge in [0.2, 0.25) is 5.91 Å². The smallest absolute Gasteiger partial charge is 0.260 e. The molecule has 0 spiro atoms. The molecule has 0 unspecified atom stereocenters. The van der Waals surface area contributed by atoms with E-state index >= 15 is 0 Å². The molecule has 1 saturated heterocycles. The third kappa shape index (κ3) is 4.16. The van der Waals surface area contributed by atoms with Crippen LogP contribution >= 0.6 is 0 Å². The number of nitrogens with zero attached hydrogens (tertiary/aromatic N) is 2. The summed E-state index contributed by atoms with van der Waals surface area (Å²) in [5, 5.41) is 0. The molecule has 0 radical (unpaired) electrons. The van der Waals surface area contributed by atoms with Crippen molar-refractivity contribution in [1.29, 1.82) is 0 Å². The molecule has 0 N–H and O–H groups in total. The molecule has 28 heavy (non-hydrogen) atoms. The van der Waals surface area contributed by atoms with Crippen LogP contribution in [-0.4, -0.2) is 47.2 Å². The first-order chi connectivity index (χ1) is 13.4. The van der Waals surface area contributed by atoms with E-state index in [1.54, 1.807) is 24.3 Å². The Labute approximate surface area is 160 Å². The van der Waals surface area contributed by atoms with E-state index in [-0.39, 0.29) is 24.6 Å². The van der Waals surface area contributed by atoms with Crippen LogP contribution in [0, 0.1) is 11.6 Å². The highest BCUT2D eigenvalue weighted by atomic mass is 19.1. The van der Waals surface area contributed by atoms with Gasteiger partial charge in [-0.05, 0) is 17.7 Å². The molecule has 8 heteroatoms. The second-order valence-corrected chi connectivity index (χ2v) is 6.39. The van der Waals surface area contributed by atoms with E-state index in [2.05, 4.69) is 0 Å². The lowest BCUT2D eigenvalue weighted by atomic mass is 10.2. The van der Waals surface area contributed by atoms with Crippen molar-refractivity contribution < 1.29 is 27.9 Å². The Morgan fingerprint density at radius 3 is 2.57 bits per heavy atom. The molecule has 1 aliphatic rings. The lowest BCUT2D eigenvalue weighted by molar-refractivity contribution is -0.144. The van der Waals surface area contributed by atoms with E-state index in [9.17, 15) is 23.2 Å². The summed E-state index contributed by atoms with van der Waals surface area (Å²) < 4.78 is 31.6. The number of carbonyl (C=O) groups is 3. The number of hydrogen-bond acceptors (Lipinski definition) is 4. The quantitative estimate of drug-likeness (QED) is 0.711. The molecule has 1 fully saturated rings. The molecule has 146 valence electrons. The van der Waals surface area contributed by atoms with Gasteiger partial charge in [0.25, 0.3) is 11.8 Å². The summed E-state index contributed by atoms with van der Waals surface area (Å²) in [5.74, 6) is -3.42. The Morgan fingerprint density at radius 1 is 1.18 bits per heavy atom. The molecular formula is C20H18F2N2O4. The molecule has 0 aromatic heterocycles. The number of likely N-dealkylation sites (tertiary alicyclic amines) is 1. The molecule has 6 nitrogen and oxygen atoms in total. The van der Waals surface area contributed by atoms with E-state index in [4.69, 9.17) is 4.74 Å². The van der Waals surface area contributed by atoms with Crippen molar-refractivity contribution in [1.82, 2.24) is 9.80 Å². The van der Waals surface area contributed by atoms with Crippen LogP contribution in [0.2, 0.25) is 0 Å². The van der Waals surface area contributed by atoms with E-state index in [0.29, 0.717) is 6.07 Å². The number of rotatable bonds is 6. The maximum Gasteiger partial charge on any atom is 0.260 e. The standard InChI is InChI=1S/C20H18F2N2O4/c1-23(19(26)12-28-17-8-7-14(21)9-15(17)22)16-10-18(25)24(20(16)27)11-13-5-3-2-4-6-13/h2-9,16H,10-12H2,1H3/t16-/m1/s1. The van der Waals surface area contributed by atoms with Crippen LogP contribution in [0.1, 0.15) is 12.0 Å². The third-order valence-electron chi connectivity index (χ3n) is 4.51. The van der Waals surface area contributed by atoms with Crippen molar-refractivity contribution in [3.63, 3.8) is 0 Å². The van der Waals surface area contributed by atoms with Crippen molar-refractivity contribution in [3.8, 4) is 5.75 Å². The number of amides is 3. The fraction of sp³-hybridized carbons (Fsp3) is 0.250. The van der Waals surface area contributed by atoms with Gasteiger partial charge in [-0.1, -0.05) is 30.3 Å². The molecule has 1 aliphatic heterocycles. The zero-order chi connectivity index (χ0) is 20.3. The molecule has 0 bridgehead atoms. The zero-order valence-electron chi connectivity index (χ0n) is 15.1. The summed E-state index contributed by atoms with van der Waals surface area (Å²) in [6.45, 7) is -0.413. The average molecular weight is 388 g/mol. The van der Waals surface area contributed by atoms with Crippen LogP contribution in [0.25, 0.3) is 0 Å². The minimum atomic E-state index is -0.939. The van der Waals surface area contributed by atoms with Gasteiger partial charge >= 0.3 is 0 Å². The van der Waals surface area contributed by atoms with E-state index in [1.807, 2.05) is 6.07 Å². The fourth-order valence-corrected chi connectivity index (χ4v) is 2.91. The predicted molar refractivity (Wildman–Crippen MR) is 95.0 cm³/mol. The molecule has 1 heterocycles. The zero-order valence-corrected chi connectivity index (χ0v) is 15.1. The lowest BCUT2D eigenvalue weighted by Gasteiger charge is -2.23. The van der Waals surface area contributed by atoms with Crippen LogP contribution < -0.4 is 4.74 Å². The number of halogens is 2. The maximum atomic E-state index is 13.6. The number of benzene rings is 2. The third-order valence-corrected chi connectivity index (χ3v) is 4.51. The fourth-order valence-electron chi connectivity index (χ4n) is 2.91. The number of ether oxygens (including phenoxy) is 1. The summed E-state index contributed by atoms with van der Waals surface area (Å²) >= 11 is 0. The molecule has 3 rings (SSSR count). The lowest BCUT2D eigenvalue weighted by Crippen LogP contribution is -2.44. The Morgan fingerprint density at radius 2 is 1.89 bits per heavy atom. The normalized spacial score (nSPS) is 16.4. The number of hydrogen-bond donors (Lipinski definition) is 0. The van der Waals surface area contributed by atoms with Crippen molar-refractivity contribution in [2.45, 2.75) is 19.0 Å². The second kappa shape index (κ2) is 8.16. The molecule has 0 saturated carbocycles. The van der Waals surface area contributed by atoms with Gasteiger partial charge in [0, 0.05) is 13.1 Å². The first-order valence-corrected chi connectivity index (χ1v) is 8.58. The minimum absolute atomic E-state index is 0.126. The molecule has 2 aromatic carbocycles. The minimum Gasteiger partial charge on any atom is -0.481 e. The maximum absolute atomic E-state index is 13.6. The van der Waals surface area contributed by atoms with Crippen LogP contribution in [0.4, 0.5) is 8.78 Å². The predicted octanol–water partition coefficient (Wildman–Crippen LogP) is 2.13.